The Labute approximate surface area is 89.9 Å². The van der Waals surface area contributed by atoms with Gasteiger partial charge in [0.25, 0.3) is 0 Å². The van der Waals surface area contributed by atoms with Crippen LogP contribution in [0.25, 0.3) is 0 Å². The van der Waals surface area contributed by atoms with E-state index in [2.05, 4.69) is 0 Å². The summed E-state index contributed by atoms with van der Waals surface area (Å²) in [7, 11) is -1.52. The third-order valence-corrected chi connectivity index (χ3v) is 2.10. The maximum absolute atomic E-state index is 11.7. The second-order valence-electron chi connectivity index (χ2n) is 4.02. The lowest BCUT2D eigenvalue weighted by Crippen LogP contribution is -2.30. The number of ketones is 1. The molecule has 80 valence electrons. The number of carbonyl (C=O) groups is 1. The summed E-state index contributed by atoms with van der Waals surface area (Å²) in [6.07, 6.45) is 0.477. The molecule has 0 radical (unpaired) electrons. The van der Waals surface area contributed by atoms with Gasteiger partial charge in [-0.2, -0.15) is 0 Å². The van der Waals surface area contributed by atoms with Crippen LogP contribution in [-0.2, 0) is 0 Å². The molecule has 0 saturated heterocycles. The second-order valence-corrected chi connectivity index (χ2v) is 4.02. The summed E-state index contributed by atoms with van der Waals surface area (Å²) >= 11 is 0. The van der Waals surface area contributed by atoms with Gasteiger partial charge < -0.3 is 10.0 Å². The molecule has 0 aliphatic heterocycles. The summed E-state index contributed by atoms with van der Waals surface area (Å²) in [4.78, 5) is 11.7. The summed E-state index contributed by atoms with van der Waals surface area (Å²) in [5.74, 6) is 0.340. The van der Waals surface area contributed by atoms with Crippen LogP contribution in [0.4, 0.5) is 0 Å². The Morgan fingerprint density at radius 2 is 2.07 bits per heavy atom. The van der Waals surface area contributed by atoms with Gasteiger partial charge in [-0.1, -0.05) is 38.1 Å². The maximum Gasteiger partial charge on any atom is 0.488 e. The molecule has 0 bridgehead atoms. The molecule has 0 aliphatic rings. The quantitative estimate of drug-likeness (QED) is 0.560. The molecule has 4 heteroatoms. The molecule has 0 amide bonds. The van der Waals surface area contributed by atoms with Crippen molar-refractivity contribution in [3.05, 3.63) is 29.8 Å². The highest BCUT2D eigenvalue weighted by atomic mass is 16.4. The maximum atomic E-state index is 11.7. The van der Waals surface area contributed by atoms with Crippen LogP contribution >= 0.6 is 0 Å². The normalized spacial score (nSPS) is 10.5. The SMILES string of the molecule is CC(C)CC(=O)c1cccc(B(O)O)c1. The van der Waals surface area contributed by atoms with Crippen LogP contribution in [0.2, 0.25) is 0 Å². The fraction of sp³-hybridized carbons (Fsp3) is 0.364. The van der Waals surface area contributed by atoms with E-state index in [9.17, 15) is 4.79 Å². The van der Waals surface area contributed by atoms with Crippen LogP contribution in [0.1, 0.15) is 30.6 Å². The van der Waals surface area contributed by atoms with Crippen LogP contribution < -0.4 is 5.46 Å². The van der Waals surface area contributed by atoms with Crippen LogP contribution in [0, 0.1) is 5.92 Å². The van der Waals surface area contributed by atoms with Gasteiger partial charge in [0.1, 0.15) is 0 Å². The molecule has 1 aromatic rings. The Kier molecular flexibility index (Phi) is 4.06. The van der Waals surface area contributed by atoms with Gasteiger partial charge in [0.2, 0.25) is 0 Å². The molecule has 1 aromatic carbocycles. The van der Waals surface area contributed by atoms with Gasteiger partial charge in [0, 0.05) is 12.0 Å². The first-order valence-corrected chi connectivity index (χ1v) is 5.00. The summed E-state index contributed by atoms with van der Waals surface area (Å²) in [6.45, 7) is 3.95. The lowest BCUT2D eigenvalue weighted by atomic mass is 9.79. The van der Waals surface area contributed by atoms with Gasteiger partial charge in [-0.25, -0.2) is 0 Å². The minimum absolute atomic E-state index is 0.0347. The van der Waals surface area contributed by atoms with E-state index >= 15 is 0 Å². The predicted molar refractivity (Wildman–Crippen MR) is 60.1 cm³/mol. The van der Waals surface area contributed by atoms with Crippen molar-refractivity contribution in [3.8, 4) is 0 Å². The van der Waals surface area contributed by atoms with Crippen molar-refractivity contribution in [2.45, 2.75) is 20.3 Å². The molecule has 15 heavy (non-hydrogen) atoms. The number of benzene rings is 1. The van der Waals surface area contributed by atoms with Gasteiger partial charge in [0.05, 0.1) is 0 Å². The zero-order valence-corrected chi connectivity index (χ0v) is 8.97. The summed E-state index contributed by atoms with van der Waals surface area (Å²) in [5.41, 5.74) is 0.888. The Balaban J connectivity index is 2.85. The highest BCUT2D eigenvalue weighted by Crippen LogP contribution is 2.08. The summed E-state index contributed by atoms with van der Waals surface area (Å²) in [5, 5.41) is 17.9. The highest BCUT2D eigenvalue weighted by Gasteiger charge is 2.14. The van der Waals surface area contributed by atoms with Crippen LogP contribution in [0.5, 0.6) is 0 Å². The standard InChI is InChI=1S/C11H15BO3/c1-8(2)6-11(13)9-4-3-5-10(7-9)12(14)15/h3-5,7-8,14-15H,6H2,1-2H3. The number of rotatable bonds is 4. The third kappa shape index (κ3) is 3.49. The number of hydrogen-bond donors (Lipinski definition) is 2. The van der Waals surface area contributed by atoms with Crippen molar-refractivity contribution in [1.29, 1.82) is 0 Å². The van der Waals surface area contributed by atoms with Gasteiger partial charge in [-0.15, -0.1) is 0 Å². The van der Waals surface area contributed by atoms with Crippen molar-refractivity contribution in [1.82, 2.24) is 0 Å². The fourth-order valence-corrected chi connectivity index (χ4v) is 1.36. The first-order chi connectivity index (χ1) is 7.00. The molecular weight excluding hydrogens is 191 g/mol. The van der Waals surface area contributed by atoms with Crippen molar-refractivity contribution < 1.29 is 14.8 Å². The fourth-order valence-electron chi connectivity index (χ4n) is 1.36. The second kappa shape index (κ2) is 5.10. The molecule has 0 saturated carbocycles. The van der Waals surface area contributed by atoms with E-state index in [1.54, 1.807) is 18.2 Å². The average Bonchev–Trinajstić information content (AvgIpc) is 2.17. The molecule has 2 N–H and O–H groups in total. The van der Waals surface area contributed by atoms with Gasteiger partial charge in [-0.05, 0) is 11.4 Å². The Bertz CT molecular complexity index is 347. The van der Waals surface area contributed by atoms with Crippen molar-refractivity contribution in [2.24, 2.45) is 5.92 Å². The van der Waals surface area contributed by atoms with E-state index in [1.165, 1.54) is 6.07 Å². The molecule has 1 rings (SSSR count). The Morgan fingerprint density at radius 3 is 2.60 bits per heavy atom. The molecule has 0 spiro atoms. The van der Waals surface area contributed by atoms with E-state index in [1.807, 2.05) is 13.8 Å². The lowest BCUT2D eigenvalue weighted by Gasteiger charge is -2.05. The third-order valence-electron chi connectivity index (χ3n) is 2.10. The van der Waals surface area contributed by atoms with E-state index < -0.39 is 7.12 Å². The van der Waals surface area contributed by atoms with Crippen molar-refractivity contribution in [2.75, 3.05) is 0 Å². The van der Waals surface area contributed by atoms with E-state index in [-0.39, 0.29) is 5.78 Å². The van der Waals surface area contributed by atoms with Crippen molar-refractivity contribution >= 4 is 18.4 Å². The largest absolute Gasteiger partial charge is 0.488 e. The van der Waals surface area contributed by atoms with Gasteiger partial charge >= 0.3 is 7.12 Å². The van der Waals surface area contributed by atoms with Crippen LogP contribution in [0.3, 0.4) is 0 Å². The van der Waals surface area contributed by atoms with Crippen molar-refractivity contribution in [3.63, 3.8) is 0 Å². The molecule has 0 atom stereocenters. The zero-order chi connectivity index (χ0) is 11.4. The highest BCUT2D eigenvalue weighted by molar-refractivity contribution is 6.58. The summed E-state index contributed by atoms with van der Waals surface area (Å²) < 4.78 is 0. The van der Waals surface area contributed by atoms with E-state index in [4.69, 9.17) is 10.0 Å². The average molecular weight is 206 g/mol. The lowest BCUT2D eigenvalue weighted by molar-refractivity contribution is 0.0968. The molecule has 0 heterocycles. The topological polar surface area (TPSA) is 57.5 Å². The predicted octanol–water partition coefficient (Wildman–Crippen LogP) is 0.595. The first kappa shape index (κ1) is 11.9. The zero-order valence-electron chi connectivity index (χ0n) is 8.97. The Hall–Kier alpha value is -1.13. The summed E-state index contributed by atoms with van der Waals surface area (Å²) in [6, 6.07) is 6.45. The van der Waals surface area contributed by atoms with Crippen LogP contribution in [-0.4, -0.2) is 22.9 Å². The molecule has 0 aliphatic carbocycles. The van der Waals surface area contributed by atoms with Crippen LogP contribution in [0.15, 0.2) is 24.3 Å². The number of carbonyl (C=O) groups excluding carboxylic acids is 1. The van der Waals surface area contributed by atoms with E-state index in [0.717, 1.165) is 0 Å². The monoisotopic (exact) mass is 206 g/mol. The molecule has 0 unspecified atom stereocenters. The number of Topliss-reactive ketones (excluding diaryl/α,β-unsaturated/α-hetero) is 1. The number of hydrogen-bond acceptors (Lipinski definition) is 3. The van der Waals surface area contributed by atoms with Gasteiger partial charge in [0.15, 0.2) is 5.78 Å². The van der Waals surface area contributed by atoms with Gasteiger partial charge in [-0.3, -0.25) is 4.79 Å². The molecule has 0 fully saturated rings. The molecule has 0 aromatic heterocycles. The minimum Gasteiger partial charge on any atom is -0.423 e. The molecular formula is C11H15BO3. The Morgan fingerprint density at radius 1 is 1.40 bits per heavy atom. The van der Waals surface area contributed by atoms with E-state index in [0.29, 0.717) is 23.4 Å². The molecule has 3 nitrogen and oxygen atoms in total. The first-order valence-electron chi connectivity index (χ1n) is 5.00. The smallest absolute Gasteiger partial charge is 0.423 e. The minimum atomic E-state index is -1.52.